The second-order valence-electron chi connectivity index (χ2n) is 8.12. The lowest BCUT2D eigenvalue weighted by Gasteiger charge is -2.31. The largest absolute Gasteiger partial charge is 0.304 e. The van der Waals surface area contributed by atoms with Crippen LogP contribution in [-0.2, 0) is 13.1 Å². The highest BCUT2D eigenvalue weighted by Crippen LogP contribution is 2.38. The van der Waals surface area contributed by atoms with Gasteiger partial charge in [-0.3, -0.25) is 9.69 Å². The molecule has 7 heteroatoms. The van der Waals surface area contributed by atoms with Gasteiger partial charge in [0, 0.05) is 37.5 Å². The quantitative estimate of drug-likeness (QED) is 0.682. The molecule has 2 aliphatic rings. The Morgan fingerprint density at radius 1 is 1.04 bits per heavy atom. The van der Waals surface area contributed by atoms with E-state index in [9.17, 15) is 9.18 Å². The van der Waals surface area contributed by atoms with Crippen molar-refractivity contribution in [1.82, 2.24) is 24.1 Å². The first-order valence-corrected chi connectivity index (χ1v) is 10.1. The number of hydrogen-bond donors (Lipinski definition) is 0. The number of imidazole rings is 1. The first-order valence-electron chi connectivity index (χ1n) is 10.1. The van der Waals surface area contributed by atoms with Crippen molar-refractivity contribution in [1.29, 1.82) is 0 Å². The van der Waals surface area contributed by atoms with Crippen LogP contribution in [0.15, 0.2) is 41.5 Å². The summed E-state index contributed by atoms with van der Waals surface area (Å²) in [4.78, 5) is 19.1. The Balaban J connectivity index is 1.19. The highest BCUT2D eigenvalue weighted by Gasteiger charge is 2.26. The standard InChI is InChI=1S/C21H24FN5O/c22-17-3-5-20-23-18(14-26(20)12-17)13-25-9-7-15(8-10-25)11-27-21(28)6-4-19(24-27)16-1-2-16/h3-6,12,14-16H,1-2,7-11,13H2. The number of aromatic nitrogens is 4. The van der Waals surface area contributed by atoms with Gasteiger partial charge in [-0.1, -0.05) is 0 Å². The number of piperidine rings is 1. The van der Waals surface area contributed by atoms with Crippen LogP contribution in [0.2, 0.25) is 0 Å². The molecule has 3 aromatic heterocycles. The fourth-order valence-electron chi connectivity index (χ4n) is 4.09. The Morgan fingerprint density at radius 2 is 1.86 bits per heavy atom. The van der Waals surface area contributed by atoms with Crippen LogP contribution in [0, 0.1) is 11.7 Å². The molecule has 0 spiro atoms. The monoisotopic (exact) mass is 381 g/mol. The molecule has 1 saturated heterocycles. The topological polar surface area (TPSA) is 55.4 Å². The van der Waals surface area contributed by atoms with Crippen molar-refractivity contribution in [2.24, 2.45) is 5.92 Å². The number of pyridine rings is 1. The van der Waals surface area contributed by atoms with Crippen molar-refractivity contribution in [3.63, 3.8) is 0 Å². The molecule has 4 heterocycles. The van der Waals surface area contributed by atoms with E-state index >= 15 is 0 Å². The van der Waals surface area contributed by atoms with Crippen LogP contribution in [0.1, 0.15) is 43.0 Å². The molecule has 1 aliphatic carbocycles. The highest BCUT2D eigenvalue weighted by atomic mass is 19.1. The van der Waals surface area contributed by atoms with Gasteiger partial charge in [-0.05, 0) is 62.9 Å². The van der Waals surface area contributed by atoms with Crippen LogP contribution in [-0.4, -0.2) is 37.2 Å². The number of hydrogen-bond acceptors (Lipinski definition) is 4. The smallest absolute Gasteiger partial charge is 0.266 e. The van der Waals surface area contributed by atoms with Crippen LogP contribution in [0.5, 0.6) is 0 Å². The summed E-state index contributed by atoms with van der Waals surface area (Å²) in [6.07, 6.45) is 7.84. The molecule has 0 unspecified atom stereocenters. The zero-order chi connectivity index (χ0) is 19.1. The average Bonchev–Trinajstić information content (AvgIpc) is 3.46. The number of likely N-dealkylation sites (tertiary alicyclic amines) is 1. The minimum absolute atomic E-state index is 0.00348. The van der Waals surface area contributed by atoms with E-state index in [1.165, 1.54) is 25.1 Å². The number of fused-ring (bicyclic) bond motifs is 1. The zero-order valence-electron chi connectivity index (χ0n) is 15.8. The van der Waals surface area contributed by atoms with Gasteiger partial charge in [0.2, 0.25) is 0 Å². The Hall–Kier alpha value is -2.54. The number of halogens is 1. The summed E-state index contributed by atoms with van der Waals surface area (Å²) in [6.45, 7) is 3.43. The predicted octanol–water partition coefficient (Wildman–Crippen LogP) is 2.82. The van der Waals surface area contributed by atoms with Crippen molar-refractivity contribution in [3.05, 3.63) is 64.2 Å². The lowest BCUT2D eigenvalue weighted by Crippen LogP contribution is -2.36. The molecule has 0 atom stereocenters. The number of rotatable bonds is 5. The average molecular weight is 381 g/mol. The SMILES string of the molecule is O=c1ccc(C2CC2)nn1CC1CCN(Cc2cn3cc(F)ccc3n2)CC1. The van der Waals surface area contributed by atoms with Gasteiger partial charge in [0.05, 0.1) is 11.4 Å². The minimum atomic E-state index is -0.258. The third-order valence-corrected chi connectivity index (χ3v) is 5.87. The van der Waals surface area contributed by atoms with Crippen molar-refractivity contribution in [3.8, 4) is 0 Å². The van der Waals surface area contributed by atoms with Gasteiger partial charge in [0.15, 0.2) is 0 Å². The summed E-state index contributed by atoms with van der Waals surface area (Å²) in [7, 11) is 0. The van der Waals surface area contributed by atoms with Gasteiger partial charge in [0.1, 0.15) is 11.5 Å². The molecule has 0 aromatic carbocycles. The molecule has 1 aliphatic heterocycles. The Morgan fingerprint density at radius 3 is 2.64 bits per heavy atom. The van der Waals surface area contributed by atoms with Gasteiger partial charge in [-0.15, -0.1) is 0 Å². The van der Waals surface area contributed by atoms with Crippen LogP contribution in [0.4, 0.5) is 4.39 Å². The third-order valence-electron chi connectivity index (χ3n) is 5.87. The molecule has 0 radical (unpaired) electrons. The fraction of sp³-hybridized carbons (Fsp3) is 0.476. The van der Waals surface area contributed by atoms with Gasteiger partial charge in [-0.2, -0.15) is 5.10 Å². The molecule has 5 rings (SSSR count). The molecule has 3 aromatic rings. The summed E-state index contributed by atoms with van der Waals surface area (Å²) in [6, 6.07) is 6.69. The Kier molecular flexibility index (Phi) is 4.47. The normalized spacial score (nSPS) is 18.8. The summed E-state index contributed by atoms with van der Waals surface area (Å²) in [5.41, 5.74) is 2.80. The van der Waals surface area contributed by atoms with Crippen LogP contribution >= 0.6 is 0 Å². The molecule has 0 amide bonds. The van der Waals surface area contributed by atoms with Crippen LogP contribution in [0.3, 0.4) is 0 Å². The van der Waals surface area contributed by atoms with E-state index in [1.807, 2.05) is 12.3 Å². The van der Waals surface area contributed by atoms with Crippen molar-refractivity contribution >= 4 is 5.65 Å². The van der Waals surface area contributed by atoms with Gasteiger partial charge in [0.25, 0.3) is 5.56 Å². The van der Waals surface area contributed by atoms with Gasteiger partial charge >= 0.3 is 0 Å². The predicted molar refractivity (Wildman–Crippen MR) is 104 cm³/mol. The molecular weight excluding hydrogens is 357 g/mol. The molecule has 2 fully saturated rings. The molecule has 0 N–H and O–H groups in total. The summed E-state index contributed by atoms with van der Waals surface area (Å²) >= 11 is 0. The van der Waals surface area contributed by atoms with Crippen molar-refractivity contribution in [2.75, 3.05) is 13.1 Å². The molecule has 28 heavy (non-hydrogen) atoms. The lowest BCUT2D eigenvalue weighted by atomic mass is 9.97. The van der Waals surface area contributed by atoms with Gasteiger partial charge < -0.3 is 4.40 Å². The number of nitrogens with zero attached hydrogens (tertiary/aromatic N) is 5. The maximum Gasteiger partial charge on any atom is 0.266 e. The van der Waals surface area contributed by atoms with Crippen LogP contribution in [0.25, 0.3) is 5.65 Å². The van der Waals surface area contributed by atoms with E-state index < -0.39 is 0 Å². The van der Waals surface area contributed by atoms with Crippen molar-refractivity contribution in [2.45, 2.75) is 44.7 Å². The van der Waals surface area contributed by atoms with E-state index in [0.29, 0.717) is 18.4 Å². The minimum Gasteiger partial charge on any atom is -0.304 e. The van der Waals surface area contributed by atoms with Crippen LogP contribution < -0.4 is 5.56 Å². The molecule has 146 valence electrons. The molecule has 1 saturated carbocycles. The Bertz CT molecular complexity index is 1050. The first-order chi connectivity index (χ1) is 13.6. The molecular formula is C21H24FN5O. The molecule has 0 bridgehead atoms. The Labute approximate surface area is 162 Å². The maximum atomic E-state index is 13.3. The van der Waals surface area contributed by atoms with E-state index in [4.69, 9.17) is 0 Å². The van der Waals surface area contributed by atoms with E-state index in [1.54, 1.807) is 21.2 Å². The fourth-order valence-corrected chi connectivity index (χ4v) is 4.09. The lowest BCUT2D eigenvalue weighted by molar-refractivity contribution is 0.162. The summed E-state index contributed by atoms with van der Waals surface area (Å²) < 4.78 is 16.7. The second kappa shape index (κ2) is 7.13. The van der Waals surface area contributed by atoms with E-state index in [2.05, 4.69) is 15.0 Å². The summed E-state index contributed by atoms with van der Waals surface area (Å²) in [5, 5.41) is 4.59. The van der Waals surface area contributed by atoms with Crippen molar-refractivity contribution < 1.29 is 4.39 Å². The first kappa shape index (κ1) is 17.6. The van der Waals surface area contributed by atoms with E-state index in [0.717, 1.165) is 49.5 Å². The third kappa shape index (κ3) is 3.71. The second-order valence-corrected chi connectivity index (χ2v) is 8.12. The summed E-state index contributed by atoms with van der Waals surface area (Å²) in [5.74, 6) is 0.783. The maximum absolute atomic E-state index is 13.3. The highest BCUT2D eigenvalue weighted by molar-refractivity contribution is 5.39. The molecule has 6 nitrogen and oxygen atoms in total. The zero-order valence-corrected chi connectivity index (χ0v) is 15.8. The van der Waals surface area contributed by atoms with Gasteiger partial charge in [-0.25, -0.2) is 14.1 Å². The van der Waals surface area contributed by atoms with E-state index in [-0.39, 0.29) is 11.4 Å².